The van der Waals surface area contributed by atoms with Crippen molar-refractivity contribution >= 4 is 11.6 Å². The van der Waals surface area contributed by atoms with Crippen LogP contribution in [0.5, 0.6) is 0 Å². The molecular weight excluding hydrogens is 344 g/mol. The molecule has 0 spiro atoms. The maximum atomic E-state index is 12.9. The fraction of sp³-hybridized carbons (Fsp3) is 0.526. The van der Waals surface area contributed by atoms with Gasteiger partial charge in [0.15, 0.2) is 5.82 Å². The Balaban J connectivity index is 1.29. The SMILES string of the molecule is NCc1nc(CN2CCN(CC(=O)N3CCCc4ccccc43)CC2)no1. The summed E-state index contributed by atoms with van der Waals surface area (Å²) < 4.78 is 5.05. The molecule has 2 aliphatic heterocycles. The third kappa shape index (κ3) is 4.18. The minimum atomic E-state index is 0.196. The molecule has 3 heterocycles. The predicted molar refractivity (Wildman–Crippen MR) is 101 cm³/mol. The number of rotatable bonds is 5. The molecule has 8 nitrogen and oxygen atoms in total. The molecule has 0 unspecified atom stereocenters. The highest BCUT2D eigenvalue weighted by Gasteiger charge is 2.26. The number of hydrogen-bond acceptors (Lipinski definition) is 7. The first-order valence-corrected chi connectivity index (χ1v) is 9.57. The molecule has 0 aliphatic carbocycles. The number of nitrogens with zero attached hydrogens (tertiary/aromatic N) is 5. The lowest BCUT2D eigenvalue weighted by atomic mass is 10.0. The largest absolute Gasteiger partial charge is 0.338 e. The first-order chi connectivity index (χ1) is 13.2. The van der Waals surface area contributed by atoms with Crippen molar-refractivity contribution in [1.82, 2.24) is 19.9 Å². The number of aromatic nitrogens is 2. The number of piperazine rings is 1. The van der Waals surface area contributed by atoms with E-state index in [9.17, 15) is 4.79 Å². The third-order valence-corrected chi connectivity index (χ3v) is 5.28. The van der Waals surface area contributed by atoms with Gasteiger partial charge in [0.2, 0.25) is 11.8 Å². The van der Waals surface area contributed by atoms with Crippen LogP contribution in [0, 0.1) is 0 Å². The maximum absolute atomic E-state index is 12.9. The molecular formula is C19H26N6O2. The molecule has 0 bridgehead atoms. The third-order valence-electron chi connectivity index (χ3n) is 5.28. The van der Waals surface area contributed by atoms with Gasteiger partial charge in [0.05, 0.1) is 19.6 Å². The fourth-order valence-electron chi connectivity index (χ4n) is 3.81. The van der Waals surface area contributed by atoms with Gasteiger partial charge in [-0.1, -0.05) is 23.4 Å². The fourth-order valence-corrected chi connectivity index (χ4v) is 3.81. The number of nitrogens with two attached hydrogens (primary N) is 1. The average Bonchev–Trinajstić information content (AvgIpc) is 3.16. The Morgan fingerprint density at radius 3 is 2.67 bits per heavy atom. The van der Waals surface area contributed by atoms with Gasteiger partial charge < -0.3 is 15.2 Å². The highest BCUT2D eigenvalue weighted by Crippen LogP contribution is 2.26. The first kappa shape index (κ1) is 18.1. The van der Waals surface area contributed by atoms with E-state index in [0.29, 0.717) is 24.8 Å². The summed E-state index contributed by atoms with van der Waals surface area (Å²) in [5, 5.41) is 3.95. The lowest BCUT2D eigenvalue weighted by molar-refractivity contribution is -0.120. The van der Waals surface area contributed by atoms with Gasteiger partial charge in [0, 0.05) is 38.4 Å². The molecule has 0 saturated carbocycles. The van der Waals surface area contributed by atoms with E-state index in [4.69, 9.17) is 10.3 Å². The second-order valence-corrected chi connectivity index (χ2v) is 7.14. The van der Waals surface area contributed by atoms with Crippen LogP contribution in [-0.2, 0) is 24.3 Å². The van der Waals surface area contributed by atoms with E-state index in [0.717, 1.165) is 51.3 Å². The van der Waals surface area contributed by atoms with Crippen molar-refractivity contribution in [2.45, 2.75) is 25.9 Å². The predicted octanol–water partition coefficient (Wildman–Crippen LogP) is 0.625. The normalized spacial score (nSPS) is 18.5. The average molecular weight is 370 g/mol. The number of para-hydroxylation sites is 1. The molecule has 144 valence electrons. The van der Waals surface area contributed by atoms with Crippen molar-refractivity contribution in [3.8, 4) is 0 Å². The molecule has 0 atom stereocenters. The molecule has 2 N–H and O–H groups in total. The molecule has 8 heteroatoms. The van der Waals surface area contributed by atoms with E-state index in [-0.39, 0.29) is 12.5 Å². The Morgan fingerprint density at radius 1 is 1.11 bits per heavy atom. The molecule has 1 aromatic carbocycles. The lowest BCUT2D eigenvalue weighted by Crippen LogP contribution is -2.50. The minimum absolute atomic E-state index is 0.196. The first-order valence-electron chi connectivity index (χ1n) is 9.57. The summed E-state index contributed by atoms with van der Waals surface area (Å²) >= 11 is 0. The van der Waals surface area contributed by atoms with Crippen molar-refractivity contribution in [1.29, 1.82) is 0 Å². The number of benzene rings is 1. The number of fused-ring (bicyclic) bond motifs is 1. The van der Waals surface area contributed by atoms with Gasteiger partial charge >= 0.3 is 0 Å². The Bertz CT molecular complexity index is 784. The van der Waals surface area contributed by atoms with E-state index in [2.05, 4.69) is 32.1 Å². The molecule has 27 heavy (non-hydrogen) atoms. The monoisotopic (exact) mass is 370 g/mol. The molecule has 2 aliphatic rings. The summed E-state index contributed by atoms with van der Waals surface area (Å²) in [5.41, 5.74) is 7.86. The Morgan fingerprint density at radius 2 is 1.89 bits per heavy atom. The molecule has 1 fully saturated rings. The van der Waals surface area contributed by atoms with Crippen LogP contribution in [0.25, 0.3) is 0 Å². The van der Waals surface area contributed by atoms with E-state index >= 15 is 0 Å². The molecule has 1 amide bonds. The van der Waals surface area contributed by atoms with Gasteiger partial charge in [-0.05, 0) is 24.5 Å². The summed E-state index contributed by atoms with van der Waals surface area (Å²) in [6, 6.07) is 8.25. The zero-order valence-corrected chi connectivity index (χ0v) is 15.5. The minimum Gasteiger partial charge on any atom is -0.338 e. The van der Waals surface area contributed by atoms with E-state index in [1.54, 1.807) is 0 Å². The van der Waals surface area contributed by atoms with Crippen LogP contribution in [0.15, 0.2) is 28.8 Å². The van der Waals surface area contributed by atoms with Crippen LogP contribution < -0.4 is 10.6 Å². The summed E-state index contributed by atoms with van der Waals surface area (Å²) in [6.45, 7) is 5.71. The zero-order valence-electron chi connectivity index (χ0n) is 15.5. The van der Waals surface area contributed by atoms with Crippen LogP contribution >= 0.6 is 0 Å². The van der Waals surface area contributed by atoms with Crippen molar-refractivity contribution in [3.05, 3.63) is 41.5 Å². The highest BCUT2D eigenvalue weighted by molar-refractivity contribution is 5.95. The molecule has 1 aromatic heterocycles. The van der Waals surface area contributed by atoms with Gasteiger partial charge in [0.1, 0.15) is 0 Å². The summed E-state index contributed by atoms with van der Waals surface area (Å²) in [6.07, 6.45) is 2.09. The second-order valence-electron chi connectivity index (χ2n) is 7.14. The quantitative estimate of drug-likeness (QED) is 0.825. The van der Waals surface area contributed by atoms with E-state index in [1.165, 1.54) is 5.56 Å². The summed E-state index contributed by atoms with van der Waals surface area (Å²) in [4.78, 5) is 23.6. The van der Waals surface area contributed by atoms with Gasteiger partial charge in [-0.2, -0.15) is 4.98 Å². The van der Waals surface area contributed by atoms with Gasteiger partial charge in [0.25, 0.3) is 0 Å². The van der Waals surface area contributed by atoms with Gasteiger partial charge in [-0.25, -0.2) is 0 Å². The number of carbonyl (C=O) groups excluding carboxylic acids is 1. The standard InChI is InChI=1S/C19H26N6O2/c20-12-18-21-17(22-27-18)13-23-8-10-24(11-9-23)14-19(26)25-7-3-5-15-4-1-2-6-16(15)25/h1-2,4,6H,3,5,7-14,20H2. The maximum Gasteiger partial charge on any atom is 0.241 e. The summed E-state index contributed by atoms with van der Waals surface area (Å²) in [5.74, 6) is 1.34. The van der Waals surface area contributed by atoms with Crippen LogP contribution in [-0.4, -0.2) is 65.1 Å². The Hall–Kier alpha value is -2.29. The Labute approximate surface area is 158 Å². The summed E-state index contributed by atoms with van der Waals surface area (Å²) in [7, 11) is 0. The molecule has 4 rings (SSSR count). The van der Waals surface area contributed by atoms with Crippen molar-refractivity contribution in [2.75, 3.05) is 44.2 Å². The molecule has 1 saturated heterocycles. The van der Waals surface area contributed by atoms with E-state index < -0.39 is 0 Å². The van der Waals surface area contributed by atoms with Crippen LogP contribution in [0.3, 0.4) is 0 Å². The number of carbonyl (C=O) groups is 1. The number of amides is 1. The van der Waals surface area contributed by atoms with E-state index in [1.807, 2.05) is 17.0 Å². The topological polar surface area (TPSA) is 91.7 Å². The number of aryl methyl sites for hydroxylation is 1. The number of anilines is 1. The van der Waals surface area contributed by atoms with Crippen molar-refractivity contribution in [2.24, 2.45) is 5.73 Å². The smallest absolute Gasteiger partial charge is 0.241 e. The molecule has 2 aromatic rings. The van der Waals surface area contributed by atoms with Crippen molar-refractivity contribution < 1.29 is 9.32 Å². The van der Waals surface area contributed by atoms with Crippen LogP contribution in [0.2, 0.25) is 0 Å². The van der Waals surface area contributed by atoms with Crippen molar-refractivity contribution in [3.63, 3.8) is 0 Å². The second kappa shape index (κ2) is 8.16. The Kier molecular flexibility index (Phi) is 5.47. The molecule has 0 radical (unpaired) electrons. The lowest BCUT2D eigenvalue weighted by Gasteiger charge is -2.36. The van der Waals surface area contributed by atoms with Gasteiger partial charge in [-0.3, -0.25) is 14.6 Å². The van der Waals surface area contributed by atoms with Crippen LogP contribution in [0.4, 0.5) is 5.69 Å². The number of hydrogen-bond donors (Lipinski definition) is 1. The van der Waals surface area contributed by atoms with Crippen LogP contribution in [0.1, 0.15) is 23.7 Å². The zero-order chi connectivity index (χ0) is 18.6. The van der Waals surface area contributed by atoms with Gasteiger partial charge in [-0.15, -0.1) is 0 Å². The highest BCUT2D eigenvalue weighted by atomic mass is 16.5.